The van der Waals surface area contributed by atoms with E-state index < -0.39 is 23.7 Å². The lowest BCUT2D eigenvalue weighted by atomic mass is 9.98. The van der Waals surface area contributed by atoms with Crippen LogP contribution in [-0.2, 0) is 20.7 Å². The van der Waals surface area contributed by atoms with Crippen LogP contribution in [0, 0.1) is 17.2 Å². The first-order valence-corrected chi connectivity index (χ1v) is 7.97. The number of nitrogens with zero attached hydrogens (tertiary/aromatic N) is 1. The second-order valence-corrected chi connectivity index (χ2v) is 5.33. The fourth-order valence-corrected chi connectivity index (χ4v) is 2.39. The molecular formula is C18H24N2O5. The summed E-state index contributed by atoms with van der Waals surface area (Å²) in [7, 11) is 4.49. The molecule has 1 N–H and O–H groups in total. The Morgan fingerprint density at radius 2 is 1.88 bits per heavy atom. The summed E-state index contributed by atoms with van der Waals surface area (Å²) < 4.78 is 15.4. The number of carbonyl (C=O) groups excluding carboxylic acids is 2. The zero-order chi connectivity index (χ0) is 18.8. The van der Waals surface area contributed by atoms with Gasteiger partial charge in [-0.05, 0) is 30.5 Å². The maximum atomic E-state index is 12.1. The molecule has 0 fully saturated rings. The number of nitriles is 1. The van der Waals surface area contributed by atoms with Crippen molar-refractivity contribution < 1.29 is 23.8 Å². The number of rotatable bonds is 10. The van der Waals surface area contributed by atoms with Crippen molar-refractivity contribution in [1.29, 1.82) is 5.26 Å². The molecule has 2 unspecified atom stereocenters. The lowest BCUT2D eigenvalue weighted by Gasteiger charge is -2.15. The van der Waals surface area contributed by atoms with E-state index in [0.717, 1.165) is 5.56 Å². The first kappa shape index (κ1) is 20.5. The molecule has 0 saturated heterocycles. The van der Waals surface area contributed by atoms with E-state index in [1.54, 1.807) is 33.3 Å². The molecule has 2 atom stereocenters. The van der Waals surface area contributed by atoms with E-state index >= 15 is 0 Å². The molecule has 1 rings (SSSR count). The van der Waals surface area contributed by atoms with Gasteiger partial charge in [0.25, 0.3) is 0 Å². The van der Waals surface area contributed by atoms with E-state index in [-0.39, 0.29) is 0 Å². The molecule has 1 amide bonds. The van der Waals surface area contributed by atoms with Gasteiger partial charge in [0.1, 0.15) is 6.10 Å². The number of hydrogen-bond donors (Lipinski definition) is 1. The molecule has 0 radical (unpaired) electrons. The van der Waals surface area contributed by atoms with Crippen LogP contribution in [0.2, 0.25) is 0 Å². The van der Waals surface area contributed by atoms with Gasteiger partial charge < -0.3 is 19.5 Å². The summed E-state index contributed by atoms with van der Waals surface area (Å²) >= 11 is 0. The van der Waals surface area contributed by atoms with Crippen molar-refractivity contribution in [2.24, 2.45) is 5.92 Å². The van der Waals surface area contributed by atoms with Crippen LogP contribution in [0.3, 0.4) is 0 Å². The Hall–Kier alpha value is -2.59. The van der Waals surface area contributed by atoms with Crippen molar-refractivity contribution in [2.75, 3.05) is 27.9 Å². The van der Waals surface area contributed by atoms with Crippen LogP contribution in [0.25, 0.3) is 0 Å². The van der Waals surface area contributed by atoms with Gasteiger partial charge in [0, 0.05) is 13.7 Å². The molecule has 0 aromatic heterocycles. The fourth-order valence-electron chi connectivity index (χ4n) is 2.39. The quantitative estimate of drug-likeness (QED) is 0.644. The standard InChI is InChI=1S/C18H24N2O5/c1-5-14(23-2)17(21)13(11-19)18(22)20-9-8-12-6-7-15(24-3)16(10-12)25-4/h6-7,10,13-14H,5,8-9H2,1-4H3,(H,20,22). The molecule has 0 heterocycles. The van der Waals surface area contributed by atoms with Crippen molar-refractivity contribution in [3.8, 4) is 17.6 Å². The largest absolute Gasteiger partial charge is 0.493 e. The number of Topliss-reactive ketones (excluding diaryl/α,β-unsaturated/α-hetero) is 1. The molecule has 0 aliphatic rings. The van der Waals surface area contributed by atoms with E-state index in [1.807, 2.05) is 12.1 Å². The molecule has 0 saturated carbocycles. The predicted molar refractivity (Wildman–Crippen MR) is 91.5 cm³/mol. The van der Waals surface area contributed by atoms with Gasteiger partial charge in [-0.1, -0.05) is 13.0 Å². The first-order chi connectivity index (χ1) is 12.0. The summed E-state index contributed by atoms with van der Waals surface area (Å²) in [5.74, 6) is -1.27. The van der Waals surface area contributed by atoms with Gasteiger partial charge >= 0.3 is 0 Å². The number of carbonyl (C=O) groups is 2. The van der Waals surface area contributed by atoms with Crippen molar-refractivity contribution >= 4 is 11.7 Å². The minimum atomic E-state index is -1.37. The average Bonchev–Trinajstić information content (AvgIpc) is 2.63. The molecule has 1 aromatic rings. The number of amides is 1. The summed E-state index contributed by atoms with van der Waals surface area (Å²) in [6.07, 6.45) is 0.188. The highest BCUT2D eigenvalue weighted by Gasteiger charge is 2.31. The zero-order valence-corrected chi connectivity index (χ0v) is 15.0. The third-order valence-electron chi connectivity index (χ3n) is 3.81. The Labute approximate surface area is 147 Å². The number of hydrogen-bond acceptors (Lipinski definition) is 6. The van der Waals surface area contributed by atoms with Crippen molar-refractivity contribution in [2.45, 2.75) is 25.9 Å². The van der Waals surface area contributed by atoms with Crippen LogP contribution in [0.4, 0.5) is 0 Å². The molecule has 7 nitrogen and oxygen atoms in total. The van der Waals surface area contributed by atoms with Gasteiger partial charge in [-0.25, -0.2) is 0 Å². The summed E-state index contributed by atoms with van der Waals surface area (Å²) in [5.41, 5.74) is 0.932. The van der Waals surface area contributed by atoms with Crippen LogP contribution in [0.15, 0.2) is 18.2 Å². The van der Waals surface area contributed by atoms with Gasteiger partial charge in [0.2, 0.25) is 5.91 Å². The van der Waals surface area contributed by atoms with Gasteiger partial charge in [-0.15, -0.1) is 0 Å². The van der Waals surface area contributed by atoms with E-state index in [4.69, 9.17) is 19.5 Å². The van der Waals surface area contributed by atoms with Crippen molar-refractivity contribution in [1.82, 2.24) is 5.32 Å². The molecular weight excluding hydrogens is 324 g/mol. The molecule has 0 spiro atoms. The Balaban J connectivity index is 2.64. The predicted octanol–water partition coefficient (Wildman–Crippen LogP) is 1.50. The van der Waals surface area contributed by atoms with E-state index in [1.165, 1.54) is 7.11 Å². The number of methoxy groups -OCH3 is 3. The van der Waals surface area contributed by atoms with Crippen LogP contribution in [0.5, 0.6) is 11.5 Å². The fraction of sp³-hybridized carbons (Fsp3) is 0.500. The minimum Gasteiger partial charge on any atom is -0.493 e. The van der Waals surface area contributed by atoms with Crippen LogP contribution in [0.1, 0.15) is 18.9 Å². The lowest BCUT2D eigenvalue weighted by Crippen LogP contribution is -2.40. The Kier molecular flexibility index (Phi) is 8.44. The molecule has 136 valence electrons. The summed E-state index contributed by atoms with van der Waals surface area (Å²) in [4.78, 5) is 24.2. The number of ketones is 1. The monoisotopic (exact) mass is 348 g/mol. The minimum absolute atomic E-state index is 0.295. The smallest absolute Gasteiger partial charge is 0.245 e. The van der Waals surface area contributed by atoms with Crippen LogP contribution in [-0.4, -0.2) is 45.7 Å². The third-order valence-corrected chi connectivity index (χ3v) is 3.81. The highest BCUT2D eigenvalue weighted by atomic mass is 16.5. The second kappa shape index (κ2) is 10.3. The van der Waals surface area contributed by atoms with E-state index in [9.17, 15) is 9.59 Å². The molecule has 7 heteroatoms. The Morgan fingerprint density at radius 3 is 2.40 bits per heavy atom. The van der Waals surface area contributed by atoms with Gasteiger partial charge in [0.05, 0.1) is 20.3 Å². The Morgan fingerprint density at radius 1 is 1.20 bits per heavy atom. The SMILES string of the molecule is CCC(OC)C(=O)C(C#N)C(=O)NCCc1ccc(OC)c(OC)c1. The maximum absolute atomic E-state index is 12.1. The van der Waals surface area contributed by atoms with Gasteiger partial charge in [-0.2, -0.15) is 5.26 Å². The topological polar surface area (TPSA) is 97.7 Å². The molecule has 0 aliphatic carbocycles. The maximum Gasteiger partial charge on any atom is 0.245 e. The normalized spacial score (nSPS) is 12.6. The van der Waals surface area contributed by atoms with E-state index in [0.29, 0.717) is 30.9 Å². The highest BCUT2D eigenvalue weighted by molar-refractivity contribution is 6.05. The zero-order valence-electron chi connectivity index (χ0n) is 15.0. The van der Waals surface area contributed by atoms with E-state index in [2.05, 4.69) is 5.32 Å². The molecule has 0 bridgehead atoms. The summed E-state index contributed by atoms with van der Waals surface area (Å²) in [5, 5.41) is 11.8. The molecule has 1 aromatic carbocycles. The first-order valence-electron chi connectivity index (χ1n) is 7.97. The van der Waals surface area contributed by atoms with Crippen LogP contribution < -0.4 is 14.8 Å². The van der Waals surface area contributed by atoms with Crippen molar-refractivity contribution in [3.05, 3.63) is 23.8 Å². The third kappa shape index (κ3) is 5.47. The van der Waals surface area contributed by atoms with Gasteiger partial charge in [0.15, 0.2) is 23.2 Å². The second-order valence-electron chi connectivity index (χ2n) is 5.33. The summed E-state index contributed by atoms with van der Waals surface area (Å²) in [6, 6.07) is 7.21. The summed E-state index contributed by atoms with van der Waals surface area (Å²) in [6.45, 7) is 2.05. The number of nitrogens with one attached hydrogen (secondary N) is 1. The lowest BCUT2D eigenvalue weighted by molar-refractivity contribution is -0.137. The average molecular weight is 348 g/mol. The molecule has 25 heavy (non-hydrogen) atoms. The molecule has 0 aliphatic heterocycles. The van der Waals surface area contributed by atoms with Crippen molar-refractivity contribution in [3.63, 3.8) is 0 Å². The highest BCUT2D eigenvalue weighted by Crippen LogP contribution is 2.27. The Bertz CT molecular complexity index is 635. The van der Waals surface area contributed by atoms with Gasteiger partial charge in [-0.3, -0.25) is 9.59 Å². The number of benzene rings is 1. The number of ether oxygens (including phenoxy) is 3. The van der Waals surface area contributed by atoms with Crippen LogP contribution >= 0.6 is 0 Å².